The summed E-state index contributed by atoms with van der Waals surface area (Å²) in [4.78, 5) is 13.9. The average Bonchev–Trinajstić information content (AvgIpc) is 2.17. The first-order chi connectivity index (χ1) is 7.58. The molecule has 18 heavy (non-hydrogen) atoms. The molecule has 3 N–H and O–H groups in total. The number of nitrogens with zero attached hydrogens (tertiary/aromatic N) is 1. The lowest BCUT2D eigenvalue weighted by atomic mass is 10.1. The highest BCUT2D eigenvalue weighted by molar-refractivity contribution is 5.85. The zero-order valence-electron chi connectivity index (χ0n) is 11.4. The van der Waals surface area contributed by atoms with Gasteiger partial charge in [0, 0.05) is 25.0 Å². The zero-order valence-corrected chi connectivity index (χ0v) is 13.0. The van der Waals surface area contributed by atoms with Crippen LogP contribution in [0.5, 0.6) is 0 Å². The van der Waals surface area contributed by atoms with Crippen LogP contribution in [-0.2, 0) is 4.79 Å². The summed E-state index contributed by atoms with van der Waals surface area (Å²) < 4.78 is 0. The Labute approximate surface area is 123 Å². The molecular formula is C12H27Cl2N3O. The van der Waals surface area contributed by atoms with Gasteiger partial charge in [0.05, 0.1) is 0 Å². The van der Waals surface area contributed by atoms with E-state index in [-0.39, 0.29) is 42.8 Å². The fourth-order valence-electron chi connectivity index (χ4n) is 2.20. The summed E-state index contributed by atoms with van der Waals surface area (Å²) in [5.74, 6) is 0.0690. The number of carbonyl (C=O) groups excluding carboxylic acids is 1. The van der Waals surface area contributed by atoms with E-state index < -0.39 is 0 Å². The fraction of sp³-hybridized carbons (Fsp3) is 0.917. The molecule has 1 aliphatic heterocycles. The zero-order chi connectivity index (χ0) is 12.0. The second-order valence-corrected chi connectivity index (χ2v) is 5.01. The molecule has 0 aliphatic carbocycles. The Morgan fingerprint density at radius 2 is 1.78 bits per heavy atom. The molecule has 1 aliphatic rings. The van der Waals surface area contributed by atoms with Crippen molar-refractivity contribution in [1.29, 1.82) is 0 Å². The SMILES string of the molecule is CC(N)CC(=O)NC(C)CN1CCCCC1.Cl.Cl. The average molecular weight is 300 g/mol. The van der Waals surface area contributed by atoms with Crippen molar-refractivity contribution in [2.45, 2.75) is 51.6 Å². The molecule has 0 aromatic rings. The van der Waals surface area contributed by atoms with Crippen molar-refractivity contribution in [1.82, 2.24) is 10.2 Å². The van der Waals surface area contributed by atoms with Gasteiger partial charge in [-0.25, -0.2) is 0 Å². The third kappa shape index (κ3) is 8.97. The molecule has 4 nitrogen and oxygen atoms in total. The summed E-state index contributed by atoms with van der Waals surface area (Å²) in [5, 5.41) is 3.00. The van der Waals surface area contributed by atoms with Crippen molar-refractivity contribution in [3.05, 3.63) is 0 Å². The van der Waals surface area contributed by atoms with Gasteiger partial charge in [-0.1, -0.05) is 6.42 Å². The predicted molar refractivity (Wildman–Crippen MR) is 80.7 cm³/mol. The summed E-state index contributed by atoms with van der Waals surface area (Å²) in [5.41, 5.74) is 5.58. The largest absolute Gasteiger partial charge is 0.352 e. The van der Waals surface area contributed by atoms with Gasteiger partial charge in [-0.05, 0) is 39.8 Å². The van der Waals surface area contributed by atoms with E-state index in [2.05, 4.69) is 17.1 Å². The van der Waals surface area contributed by atoms with Gasteiger partial charge in [0.15, 0.2) is 0 Å². The Hall–Kier alpha value is -0.0300. The lowest BCUT2D eigenvalue weighted by molar-refractivity contribution is -0.122. The normalized spacial score (nSPS) is 19.1. The Balaban J connectivity index is 0. The molecule has 0 bridgehead atoms. The number of piperidine rings is 1. The Kier molecular flexibility index (Phi) is 12.2. The maximum absolute atomic E-state index is 11.5. The highest BCUT2D eigenvalue weighted by Gasteiger charge is 2.15. The molecule has 6 heteroatoms. The van der Waals surface area contributed by atoms with Crippen LogP contribution in [0.15, 0.2) is 0 Å². The topological polar surface area (TPSA) is 58.4 Å². The molecule has 0 radical (unpaired) electrons. The number of carbonyl (C=O) groups is 1. The van der Waals surface area contributed by atoms with E-state index in [1.54, 1.807) is 0 Å². The number of likely N-dealkylation sites (tertiary alicyclic amines) is 1. The van der Waals surface area contributed by atoms with E-state index in [0.717, 1.165) is 6.54 Å². The van der Waals surface area contributed by atoms with Gasteiger partial charge in [-0.3, -0.25) is 4.79 Å². The monoisotopic (exact) mass is 299 g/mol. The van der Waals surface area contributed by atoms with Gasteiger partial charge in [0.2, 0.25) is 5.91 Å². The van der Waals surface area contributed by atoms with Crippen molar-refractivity contribution in [3.8, 4) is 0 Å². The fourth-order valence-corrected chi connectivity index (χ4v) is 2.20. The maximum atomic E-state index is 11.5. The highest BCUT2D eigenvalue weighted by Crippen LogP contribution is 2.08. The van der Waals surface area contributed by atoms with E-state index in [1.807, 2.05) is 6.92 Å². The second kappa shape index (κ2) is 10.9. The summed E-state index contributed by atoms with van der Waals surface area (Å²) >= 11 is 0. The van der Waals surface area contributed by atoms with Crippen LogP contribution in [0, 0.1) is 0 Å². The molecule has 1 amide bonds. The predicted octanol–water partition coefficient (Wildman–Crippen LogP) is 1.56. The number of nitrogens with one attached hydrogen (secondary N) is 1. The van der Waals surface area contributed by atoms with Gasteiger partial charge in [0.1, 0.15) is 0 Å². The lowest BCUT2D eigenvalue weighted by Gasteiger charge is -2.29. The van der Waals surface area contributed by atoms with Gasteiger partial charge < -0.3 is 16.0 Å². The molecule has 2 atom stereocenters. The van der Waals surface area contributed by atoms with Gasteiger partial charge in [-0.15, -0.1) is 24.8 Å². The van der Waals surface area contributed by atoms with Crippen LogP contribution in [0.4, 0.5) is 0 Å². The molecule has 0 aromatic heterocycles. The number of rotatable bonds is 5. The number of halogens is 2. The standard InChI is InChI=1S/C12H25N3O.2ClH/c1-10(13)8-12(16)14-11(2)9-15-6-4-3-5-7-15;;/h10-11H,3-9,13H2,1-2H3,(H,14,16);2*1H. The minimum absolute atomic E-state index is 0. The Morgan fingerprint density at radius 3 is 2.28 bits per heavy atom. The number of amides is 1. The van der Waals surface area contributed by atoms with E-state index >= 15 is 0 Å². The van der Waals surface area contributed by atoms with Crippen molar-refractivity contribution in [2.75, 3.05) is 19.6 Å². The first-order valence-corrected chi connectivity index (χ1v) is 6.35. The number of nitrogens with two attached hydrogens (primary N) is 1. The van der Waals surface area contributed by atoms with E-state index in [0.29, 0.717) is 6.42 Å². The smallest absolute Gasteiger partial charge is 0.221 e. The first-order valence-electron chi connectivity index (χ1n) is 6.35. The molecule has 0 aromatic carbocycles. The van der Waals surface area contributed by atoms with Gasteiger partial charge in [0.25, 0.3) is 0 Å². The van der Waals surface area contributed by atoms with Crippen LogP contribution in [-0.4, -0.2) is 42.5 Å². The molecular weight excluding hydrogens is 273 g/mol. The summed E-state index contributed by atoms with van der Waals surface area (Å²) in [6.07, 6.45) is 4.35. The van der Waals surface area contributed by atoms with Crippen LogP contribution in [0.1, 0.15) is 39.5 Å². The van der Waals surface area contributed by atoms with E-state index in [4.69, 9.17) is 5.73 Å². The van der Waals surface area contributed by atoms with E-state index in [9.17, 15) is 4.79 Å². The lowest BCUT2D eigenvalue weighted by Crippen LogP contribution is -2.44. The molecule has 0 spiro atoms. The molecule has 110 valence electrons. The van der Waals surface area contributed by atoms with Crippen LogP contribution in [0.25, 0.3) is 0 Å². The molecule has 1 fully saturated rings. The number of hydrogen-bond donors (Lipinski definition) is 2. The molecule has 2 unspecified atom stereocenters. The summed E-state index contributed by atoms with van der Waals surface area (Å²) in [7, 11) is 0. The summed E-state index contributed by atoms with van der Waals surface area (Å²) in [6.45, 7) is 7.23. The van der Waals surface area contributed by atoms with Crippen molar-refractivity contribution in [2.24, 2.45) is 5.73 Å². The van der Waals surface area contributed by atoms with Crippen LogP contribution in [0.3, 0.4) is 0 Å². The Morgan fingerprint density at radius 1 is 1.22 bits per heavy atom. The van der Waals surface area contributed by atoms with Gasteiger partial charge >= 0.3 is 0 Å². The van der Waals surface area contributed by atoms with Crippen molar-refractivity contribution >= 4 is 30.7 Å². The minimum atomic E-state index is -0.0535. The number of hydrogen-bond acceptors (Lipinski definition) is 3. The van der Waals surface area contributed by atoms with Gasteiger partial charge in [-0.2, -0.15) is 0 Å². The quantitative estimate of drug-likeness (QED) is 0.810. The maximum Gasteiger partial charge on any atom is 0.221 e. The summed E-state index contributed by atoms with van der Waals surface area (Å²) in [6, 6.07) is 0.173. The van der Waals surface area contributed by atoms with Crippen LogP contribution in [0.2, 0.25) is 0 Å². The van der Waals surface area contributed by atoms with Crippen LogP contribution < -0.4 is 11.1 Å². The first kappa shape index (κ1) is 20.3. The minimum Gasteiger partial charge on any atom is -0.352 e. The third-order valence-electron chi connectivity index (χ3n) is 2.90. The van der Waals surface area contributed by atoms with E-state index in [1.165, 1.54) is 32.4 Å². The van der Waals surface area contributed by atoms with Crippen molar-refractivity contribution in [3.63, 3.8) is 0 Å². The molecule has 1 rings (SSSR count). The molecule has 1 saturated heterocycles. The van der Waals surface area contributed by atoms with Crippen molar-refractivity contribution < 1.29 is 4.79 Å². The highest BCUT2D eigenvalue weighted by atomic mass is 35.5. The Bertz CT molecular complexity index is 221. The molecule has 1 heterocycles. The molecule has 0 saturated carbocycles. The van der Waals surface area contributed by atoms with Crippen LogP contribution >= 0.6 is 24.8 Å². The third-order valence-corrected chi connectivity index (χ3v) is 2.90. The second-order valence-electron chi connectivity index (χ2n) is 5.01.